The van der Waals surface area contributed by atoms with E-state index in [9.17, 15) is 9.59 Å². The van der Waals surface area contributed by atoms with E-state index in [1.807, 2.05) is 60.7 Å². The van der Waals surface area contributed by atoms with Gasteiger partial charge >= 0.3 is 11.9 Å². The molecule has 3 aromatic rings. The molecular weight excluding hydrogens is 598 g/mol. The Morgan fingerprint density at radius 2 is 1.38 bits per heavy atom. The molecule has 47 heavy (non-hydrogen) atoms. The van der Waals surface area contributed by atoms with E-state index in [1.165, 1.54) is 6.92 Å². The normalized spacial score (nSPS) is 13.5. The van der Waals surface area contributed by atoms with E-state index in [0.717, 1.165) is 58.8 Å². The van der Waals surface area contributed by atoms with Gasteiger partial charge in [-0.15, -0.1) is 0 Å². The lowest BCUT2D eigenvalue weighted by Crippen LogP contribution is -2.38. The van der Waals surface area contributed by atoms with Crippen LogP contribution in [0.4, 0.5) is 0 Å². The Morgan fingerprint density at radius 1 is 0.809 bits per heavy atom. The zero-order valence-electron chi connectivity index (χ0n) is 28.6. The highest BCUT2D eigenvalue weighted by Crippen LogP contribution is 2.40. The first kappa shape index (κ1) is 35.4. The Kier molecular flexibility index (Phi) is 12.3. The molecule has 0 amide bonds. The van der Waals surface area contributed by atoms with Gasteiger partial charge in [0.1, 0.15) is 24.2 Å². The highest BCUT2D eigenvalue weighted by atomic mass is 16.7. The molecule has 0 bridgehead atoms. The van der Waals surface area contributed by atoms with Gasteiger partial charge in [-0.1, -0.05) is 51.1 Å². The largest absolute Gasteiger partial charge is 0.490 e. The monoisotopic (exact) mass is 645 g/mol. The molecular formula is C38H47NO8. The summed E-state index contributed by atoms with van der Waals surface area (Å²) in [5.41, 5.74) is 4.58. The van der Waals surface area contributed by atoms with Crippen LogP contribution in [0.25, 0.3) is 11.1 Å². The number of benzene rings is 3. The van der Waals surface area contributed by atoms with Crippen LogP contribution in [-0.2, 0) is 19.1 Å². The summed E-state index contributed by atoms with van der Waals surface area (Å²) in [4.78, 5) is 26.1. The van der Waals surface area contributed by atoms with Crippen molar-refractivity contribution in [2.75, 3.05) is 39.8 Å². The molecule has 0 aliphatic carbocycles. The van der Waals surface area contributed by atoms with Crippen LogP contribution in [0.5, 0.6) is 23.0 Å². The summed E-state index contributed by atoms with van der Waals surface area (Å²) in [5.74, 6) is 2.07. The van der Waals surface area contributed by atoms with Gasteiger partial charge in [-0.2, -0.15) is 0 Å². The fourth-order valence-corrected chi connectivity index (χ4v) is 5.25. The summed E-state index contributed by atoms with van der Waals surface area (Å²) in [6.45, 7) is 15.7. The summed E-state index contributed by atoms with van der Waals surface area (Å²) in [7, 11) is 0. The van der Waals surface area contributed by atoms with E-state index in [-0.39, 0.29) is 38.2 Å². The fourth-order valence-electron chi connectivity index (χ4n) is 5.25. The average Bonchev–Trinajstić information content (AvgIpc) is 3.53. The second-order valence-electron chi connectivity index (χ2n) is 12.3. The summed E-state index contributed by atoms with van der Waals surface area (Å²) in [5, 5.41) is 0. The van der Waals surface area contributed by atoms with Crippen LogP contribution in [0.1, 0.15) is 71.6 Å². The molecule has 0 saturated heterocycles. The molecule has 1 unspecified atom stereocenters. The summed E-state index contributed by atoms with van der Waals surface area (Å²) in [6, 6.07) is 21.7. The molecule has 1 heterocycles. The van der Waals surface area contributed by atoms with Crippen molar-refractivity contribution in [1.29, 1.82) is 0 Å². The van der Waals surface area contributed by atoms with Gasteiger partial charge in [0.15, 0.2) is 11.5 Å². The number of nitrogens with zero attached hydrogens (tertiary/aromatic N) is 1. The third-order valence-electron chi connectivity index (χ3n) is 7.82. The number of carbonyl (C=O) groups excluding carboxylic acids is 2. The van der Waals surface area contributed by atoms with Crippen LogP contribution >= 0.6 is 0 Å². The predicted octanol–water partition coefficient (Wildman–Crippen LogP) is 7.36. The van der Waals surface area contributed by atoms with Crippen molar-refractivity contribution in [1.82, 2.24) is 4.90 Å². The SMILES string of the molecule is CC/C(=C(\c1ccc(OCOC(=O)C(C)(C)C)cc1)c1ccc(OCC(CN(CC)CC)OC(C)=O)cc1)c1ccc2c(c1)OCO2. The lowest BCUT2D eigenvalue weighted by Gasteiger charge is -2.25. The van der Waals surface area contributed by atoms with Gasteiger partial charge in [0.05, 0.1) is 5.41 Å². The lowest BCUT2D eigenvalue weighted by atomic mass is 9.88. The van der Waals surface area contributed by atoms with Crippen molar-refractivity contribution in [3.8, 4) is 23.0 Å². The van der Waals surface area contributed by atoms with Gasteiger partial charge in [-0.3, -0.25) is 9.59 Å². The third-order valence-corrected chi connectivity index (χ3v) is 7.82. The third kappa shape index (κ3) is 9.75. The summed E-state index contributed by atoms with van der Waals surface area (Å²) >= 11 is 0. The van der Waals surface area contributed by atoms with Crippen molar-refractivity contribution in [3.63, 3.8) is 0 Å². The van der Waals surface area contributed by atoms with E-state index in [0.29, 0.717) is 18.0 Å². The smallest absolute Gasteiger partial charge is 0.314 e. The second-order valence-corrected chi connectivity index (χ2v) is 12.3. The zero-order chi connectivity index (χ0) is 34.0. The fraction of sp³-hybridized carbons (Fsp3) is 0.421. The Balaban J connectivity index is 1.61. The Hall–Kier alpha value is -4.50. The Bertz CT molecular complexity index is 1520. The lowest BCUT2D eigenvalue weighted by molar-refractivity contribution is -0.159. The molecule has 0 spiro atoms. The van der Waals surface area contributed by atoms with E-state index in [2.05, 4.69) is 31.7 Å². The molecule has 0 fully saturated rings. The molecule has 1 atom stereocenters. The number of allylic oxidation sites excluding steroid dienone is 1. The molecule has 1 aliphatic rings. The number of rotatable bonds is 15. The van der Waals surface area contributed by atoms with Gasteiger partial charge in [0.25, 0.3) is 0 Å². The number of hydrogen-bond donors (Lipinski definition) is 0. The van der Waals surface area contributed by atoms with Crippen LogP contribution in [-0.4, -0.2) is 62.8 Å². The molecule has 3 aromatic carbocycles. The average molecular weight is 646 g/mol. The van der Waals surface area contributed by atoms with Crippen LogP contribution in [0.15, 0.2) is 66.7 Å². The highest BCUT2D eigenvalue weighted by Gasteiger charge is 2.23. The van der Waals surface area contributed by atoms with E-state index in [4.69, 9.17) is 28.4 Å². The molecule has 0 aromatic heterocycles. The summed E-state index contributed by atoms with van der Waals surface area (Å²) < 4.78 is 33.9. The van der Waals surface area contributed by atoms with E-state index < -0.39 is 5.41 Å². The minimum Gasteiger partial charge on any atom is -0.490 e. The maximum atomic E-state index is 12.1. The number of likely N-dealkylation sites (N-methyl/N-ethyl adjacent to an activating group) is 1. The van der Waals surface area contributed by atoms with Crippen molar-refractivity contribution >= 4 is 23.1 Å². The zero-order valence-corrected chi connectivity index (χ0v) is 28.6. The molecule has 1 aliphatic heterocycles. The minimum atomic E-state index is -0.603. The Morgan fingerprint density at radius 3 is 1.94 bits per heavy atom. The Labute approximate surface area is 278 Å². The van der Waals surface area contributed by atoms with E-state index >= 15 is 0 Å². The number of fused-ring (bicyclic) bond motifs is 1. The van der Waals surface area contributed by atoms with Crippen LogP contribution in [0.3, 0.4) is 0 Å². The maximum Gasteiger partial charge on any atom is 0.314 e. The number of hydrogen-bond acceptors (Lipinski definition) is 9. The van der Waals surface area contributed by atoms with Gasteiger partial charge in [-0.05, 0) is 105 Å². The van der Waals surface area contributed by atoms with Crippen molar-refractivity contribution in [3.05, 3.63) is 83.4 Å². The van der Waals surface area contributed by atoms with Gasteiger partial charge in [-0.25, -0.2) is 0 Å². The molecule has 4 rings (SSSR count). The van der Waals surface area contributed by atoms with Crippen LogP contribution in [0, 0.1) is 5.41 Å². The molecule has 9 heteroatoms. The number of ether oxygens (including phenoxy) is 6. The standard InChI is InChI=1S/C38H47NO8/c1-8-33(29-15-20-34-35(21-29)45-25-44-34)36(28-13-18-31(19-14-28)43-24-46-37(41)38(5,6)7)27-11-16-30(17-12-27)42-23-32(47-26(4)40)22-39(9-2)10-3/h11-21,32H,8-10,22-25H2,1-7H3/b36-33+. The first-order chi connectivity index (χ1) is 22.5. The molecule has 0 radical (unpaired) electrons. The second kappa shape index (κ2) is 16.4. The van der Waals surface area contributed by atoms with Gasteiger partial charge < -0.3 is 33.3 Å². The van der Waals surface area contributed by atoms with Gasteiger partial charge in [0, 0.05) is 13.5 Å². The maximum absolute atomic E-state index is 12.1. The number of carbonyl (C=O) groups is 2. The van der Waals surface area contributed by atoms with Crippen molar-refractivity contribution in [2.45, 2.75) is 61.0 Å². The molecule has 252 valence electrons. The van der Waals surface area contributed by atoms with Crippen molar-refractivity contribution < 1.29 is 38.0 Å². The predicted molar refractivity (Wildman–Crippen MR) is 182 cm³/mol. The quantitative estimate of drug-likeness (QED) is 0.0955. The first-order valence-electron chi connectivity index (χ1n) is 16.2. The highest BCUT2D eigenvalue weighted by molar-refractivity contribution is 5.99. The van der Waals surface area contributed by atoms with Crippen molar-refractivity contribution in [2.24, 2.45) is 5.41 Å². The molecule has 0 saturated carbocycles. The van der Waals surface area contributed by atoms with Crippen LogP contribution < -0.4 is 18.9 Å². The minimum absolute atomic E-state index is 0.162. The molecule has 9 nitrogen and oxygen atoms in total. The van der Waals surface area contributed by atoms with E-state index in [1.54, 1.807) is 20.8 Å². The van der Waals surface area contributed by atoms with Gasteiger partial charge in [0.2, 0.25) is 13.6 Å². The topological polar surface area (TPSA) is 92.8 Å². The molecule has 0 N–H and O–H groups in total. The summed E-state index contributed by atoms with van der Waals surface area (Å²) in [6.07, 6.45) is 0.377. The first-order valence-corrected chi connectivity index (χ1v) is 16.2. The van der Waals surface area contributed by atoms with Crippen LogP contribution in [0.2, 0.25) is 0 Å². The number of esters is 2.